The molecule has 6 nitrogen and oxygen atoms in total. The quantitative estimate of drug-likeness (QED) is 0.599. The molecule has 1 N–H and O–H groups in total. The van der Waals surface area contributed by atoms with E-state index in [-0.39, 0.29) is 10.8 Å². The molecule has 0 amide bonds. The van der Waals surface area contributed by atoms with E-state index in [4.69, 9.17) is 4.74 Å². The van der Waals surface area contributed by atoms with Crippen molar-refractivity contribution >= 4 is 21.9 Å². The van der Waals surface area contributed by atoms with Crippen LogP contribution in [-0.2, 0) is 19.6 Å². The third kappa shape index (κ3) is 4.15. The van der Waals surface area contributed by atoms with Gasteiger partial charge in [-0.1, -0.05) is 66.2 Å². The van der Waals surface area contributed by atoms with Crippen molar-refractivity contribution in [3.8, 4) is 0 Å². The maximum atomic E-state index is 13.2. The van der Waals surface area contributed by atoms with Gasteiger partial charge in [-0.05, 0) is 43.7 Å². The second-order valence-electron chi connectivity index (χ2n) is 7.60. The fourth-order valence-corrected chi connectivity index (χ4v) is 4.76. The molecule has 0 bridgehead atoms. The van der Waals surface area contributed by atoms with Gasteiger partial charge in [0.25, 0.3) is 0 Å². The molecular weight excluding hydrogens is 412 g/mol. The number of nitrogens with zero attached hydrogens (tertiary/aromatic N) is 1. The number of cyclic esters (lactones) is 1. The van der Waals surface area contributed by atoms with Gasteiger partial charge in [-0.15, -0.1) is 0 Å². The molecule has 1 heterocycles. The highest BCUT2D eigenvalue weighted by Gasteiger charge is 2.50. The number of sulfonamides is 1. The number of carbonyl (C=O) groups is 1. The first kappa shape index (κ1) is 21.0. The van der Waals surface area contributed by atoms with Crippen LogP contribution in [0, 0.1) is 6.92 Å². The van der Waals surface area contributed by atoms with Gasteiger partial charge in [0.15, 0.2) is 5.54 Å². The Morgan fingerprint density at radius 2 is 1.48 bits per heavy atom. The summed E-state index contributed by atoms with van der Waals surface area (Å²) in [6, 6.07) is 23.5. The van der Waals surface area contributed by atoms with Crippen LogP contribution in [0.5, 0.6) is 0 Å². The van der Waals surface area contributed by atoms with Crippen molar-refractivity contribution in [3.63, 3.8) is 0 Å². The fourth-order valence-electron chi connectivity index (χ4n) is 3.45. The van der Waals surface area contributed by atoms with Crippen molar-refractivity contribution in [1.29, 1.82) is 0 Å². The van der Waals surface area contributed by atoms with Gasteiger partial charge >= 0.3 is 5.97 Å². The summed E-state index contributed by atoms with van der Waals surface area (Å²) >= 11 is 0. The molecule has 7 heteroatoms. The van der Waals surface area contributed by atoms with Crippen molar-refractivity contribution in [2.24, 2.45) is 4.99 Å². The molecular formula is C24H22N2O4S. The Bertz CT molecular complexity index is 1220. The molecule has 31 heavy (non-hydrogen) atoms. The van der Waals surface area contributed by atoms with E-state index in [0.29, 0.717) is 11.1 Å². The van der Waals surface area contributed by atoms with Crippen LogP contribution in [0.1, 0.15) is 29.7 Å². The number of aryl methyl sites for hydroxylation is 1. The molecule has 0 unspecified atom stereocenters. The summed E-state index contributed by atoms with van der Waals surface area (Å²) in [7, 11) is -3.93. The van der Waals surface area contributed by atoms with Crippen molar-refractivity contribution in [2.45, 2.75) is 30.3 Å². The molecule has 0 saturated carbocycles. The lowest BCUT2D eigenvalue weighted by molar-refractivity contribution is -0.139. The number of rotatable bonds is 6. The van der Waals surface area contributed by atoms with Gasteiger partial charge in [-0.25, -0.2) is 22.9 Å². The predicted octanol–water partition coefficient (Wildman–Crippen LogP) is 3.78. The Hall–Kier alpha value is -3.29. The summed E-state index contributed by atoms with van der Waals surface area (Å²) in [5, 5.41) is 0. The molecule has 3 aromatic carbocycles. The summed E-state index contributed by atoms with van der Waals surface area (Å²) in [5.41, 5.74) is 0.718. The van der Waals surface area contributed by atoms with Crippen LogP contribution in [0.15, 0.2) is 94.8 Å². The molecule has 2 atom stereocenters. The minimum Gasteiger partial charge on any atom is -0.405 e. The van der Waals surface area contributed by atoms with E-state index in [0.717, 1.165) is 5.56 Å². The van der Waals surface area contributed by atoms with E-state index in [1.54, 1.807) is 55.5 Å². The zero-order valence-electron chi connectivity index (χ0n) is 17.1. The lowest BCUT2D eigenvalue weighted by atomic mass is 9.88. The van der Waals surface area contributed by atoms with Gasteiger partial charge in [0.05, 0.1) is 10.9 Å². The second kappa shape index (κ2) is 8.09. The van der Waals surface area contributed by atoms with Crippen molar-refractivity contribution in [1.82, 2.24) is 4.72 Å². The van der Waals surface area contributed by atoms with Crippen molar-refractivity contribution in [3.05, 3.63) is 102 Å². The van der Waals surface area contributed by atoms with Gasteiger partial charge < -0.3 is 4.74 Å². The predicted molar refractivity (Wildman–Crippen MR) is 118 cm³/mol. The van der Waals surface area contributed by atoms with Crippen molar-refractivity contribution < 1.29 is 17.9 Å². The third-order valence-electron chi connectivity index (χ3n) is 5.26. The number of hydrogen-bond acceptors (Lipinski definition) is 5. The van der Waals surface area contributed by atoms with Crippen LogP contribution in [0.4, 0.5) is 0 Å². The van der Waals surface area contributed by atoms with Crippen LogP contribution in [0.3, 0.4) is 0 Å². The molecule has 0 aliphatic carbocycles. The van der Waals surface area contributed by atoms with Crippen LogP contribution in [0.25, 0.3) is 0 Å². The number of esters is 1. The van der Waals surface area contributed by atoms with Gasteiger partial charge in [-0.2, -0.15) is 0 Å². The average molecular weight is 435 g/mol. The van der Waals surface area contributed by atoms with E-state index >= 15 is 0 Å². The normalized spacial score (nSPS) is 19.5. The first-order valence-electron chi connectivity index (χ1n) is 9.81. The third-order valence-corrected chi connectivity index (χ3v) is 6.70. The van der Waals surface area contributed by atoms with Crippen LogP contribution in [0.2, 0.25) is 0 Å². The van der Waals surface area contributed by atoms with Gasteiger partial charge in [0.2, 0.25) is 15.9 Å². The smallest absolute Gasteiger partial charge is 0.342 e. The highest BCUT2D eigenvalue weighted by Crippen LogP contribution is 2.36. The Labute approximate surface area is 181 Å². The highest BCUT2D eigenvalue weighted by molar-refractivity contribution is 7.89. The van der Waals surface area contributed by atoms with Crippen LogP contribution < -0.4 is 4.72 Å². The number of hydrogen-bond donors (Lipinski definition) is 1. The number of aliphatic imine (C=N–C) groups is 1. The molecule has 1 aliphatic rings. The van der Waals surface area contributed by atoms with E-state index < -0.39 is 27.6 Å². The van der Waals surface area contributed by atoms with Crippen LogP contribution >= 0.6 is 0 Å². The van der Waals surface area contributed by atoms with Gasteiger partial charge in [-0.3, -0.25) is 0 Å². The molecule has 0 aromatic heterocycles. The lowest BCUT2D eigenvalue weighted by Crippen LogP contribution is -2.46. The summed E-state index contributed by atoms with van der Waals surface area (Å²) in [6.07, 6.45) is 0. The molecule has 4 rings (SSSR count). The average Bonchev–Trinajstić information content (AvgIpc) is 3.09. The molecule has 0 spiro atoms. The minimum atomic E-state index is -3.93. The molecule has 1 aliphatic heterocycles. The zero-order chi connectivity index (χ0) is 22.1. The van der Waals surface area contributed by atoms with Crippen molar-refractivity contribution in [2.75, 3.05) is 0 Å². The Kier molecular flexibility index (Phi) is 5.47. The largest absolute Gasteiger partial charge is 0.405 e. The van der Waals surface area contributed by atoms with Gasteiger partial charge in [0, 0.05) is 5.56 Å². The molecule has 158 valence electrons. The Balaban J connectivity index is 1.78. The molecule has 0 fully saturated rings. The maximum Gasteiger partial charge on any atom is 0.342 e. The summed E-state index contributed by atoms with van der Waals surface area (Å²) in [6.45, 7) is 3.46. The lowest BCUT2D eigenvalue weighted by Gasteiger charge is -2.29. The topological polar surface area (TPSA) is 84.8 Å². The standard InChI is InChI=1S/C24H22N2O4S/c1-17-13-15-20(16-14-17)31(28,29)26-21(18-9-5-3-6-10-18)24(2)23(27)30-22(25-24)19-11-7-4-8-12-19/h3-16,21,26H,1-2H3/t21-,24+/m0/s1. The Morgan fingerprint density at radius 1 is 0.903 bits per heavy atom. The second-order valence-corrected chi connectivity index (χ2v) is 9.31. The van der Waals surface area contributed by atoms with E-state index in [1.165, 1.54) is 12.1 Å². The monoisotopic (exact) mass is 434 g/mol. The number of benzene rings is 3. The van der Waals surface area contributed by atoms with E-state index in [9.17, 15) is 13.2 Å². The fraction of sp³-hybridized carbons (Fsp3) is 0.167. The number of ether oxygens (including phenoxy) is 1. The number of nitrogens with one attached hydrogen (secondary N) is 1. The summed E-state index contributed by atoms with van der Waals surface area (Å²) in [4.78, 5) is 17.7. The molecule has 0 radical (unpaired) electrons. The SMILES string of the molecule is Cc1ccc(S(=O)(=O)N[C@@H](c2ccccc2)[C@@]2(C)N=C(c3ccccc3)OC2=O)cc1. The maximum absolute atomic E-state index is 13.2. The van der Waals surface area contributed by atoms with E-state index in [2.05, 4.69) is 9.71 Å². The molecule has 0 saturated heterocycles. The number of carbonyl (C=O) groups excluding carboxylic acids is 1. The Morgan fingerprint density at radius 3 is 2.10 bits per heavy atom. The van der Waals surface area contributed by atoms with Crippen LogP contribution in [-0.4, -0.2) is 25.8 Å². The summed E-state index contributed by atoms with van der Waals surface area (Å²) in [5.74, 6) is -0.449. The minimum absolute atomic E-state index is 0.112. The van der Waals surface area contributed by atoms with E-state index in [1.807, 2.05) is 31.2 Å². The first-order chi connectivity index (χ1) is 14.8. The first-order valence-corrected chi connectivity index (χ1v) is 11.3. The summed E-state index contributed by atoms with van der Waals surface area (Å²) < 4.78 is 34.5. The molecule has 3 aromatic rings. The zero-order valence-corrected chi connectivity index (χ0v) is 18.0. The highest BCUT2D eigenvalue weighted by atomic mass is 32.2. The van der Waals surface area contributed by atoms with Gasteiger partial charge in [0.1, 0.15) is 0 Å².